The van der Waals surface area contributed by atoms with Crippen molar-refractivity contribution in [1.82, 2.24) is 9.97 Å². The molecule has 0 atom stereocenters. The van der Waals surface area contributed by atoms with Gasteiger partial charge < -0.3 is 0 Å². The molecule has 0 spiro atoms. The molecule has 2 nitrogen and oxygen atoms in total. The van der Waals surface area contributed by atoms with Crippen molar-refractivity contribution >= 4 is 10.8 Å². The van der Waals surface area contributed by atoms with E-state index in [2.05, 4.69) is 35.1 Å². The number of rotatable bonds is 1. The van der Waals surface area contributed by atoms with Crippen LogP contribution in [0.1, 0.15) is 5.56 Å². The Bertz CT molecular complexity index is 674. The first-order chi connectivity index (χ1) is 8.34. The second kappa shape index (κ2) is 3.98. The topological polar surface area (TPSA) is 25.8 Å². The summed E-state index contributed by atoms with van der Waals surface area (Å²) in [6, 6.07) is 10.5. The van der Waals surface area contributed by atoms with Gasteiger partial charge in [-0.1, -0.05) is 12.1 Å². The van der Waals surface area contributed by atoms with Gasteiger partial charge in [0.05, 0.1) is 0 Å². The van der Waals surface area contributed by atoms with E-state index >= 15 is 0 Å². The highest BCUT2D eigenvalue weighted by molar-refractivity contribution is 5.86. The van der Waals surface area contributed by atoms with E-state index in [4.69, 9.17) is 0 Å². The lowest BCUT2D eigenvalue weighted by molar-refractivity contribution is 1.29. The molecule has 0 amide bonds. The quantitative estimate of drug-likeness (QED) is 0.626. The van der Waals surface area contributed by atoms with Gasteiger partial charge in [-0.3, -0.25) is 9.97 Å². The van der Waals surface area contributed by atoms with Crippen molar-refractivity contribution < 1.29 is 0 Å². The van der Waals surface area contributed by atoms with E-state index in [9.17, 15) is 0 Å². The van der Waals surface area contributed by atoms with Gasteiger partial charge in [-0.25, -0.2) is 0 Å². The molecule has 0 aliphatic carbocycles. The Labute approximate surface area is 100.0 Å². The van der Waals surface area contributed by atoms with Crippen LogP contribution in [0.3, 0.4) is 0 Å². The van der Waals surface area contributed by atoms with Crippen molar-refractivity contribution in [2.75, 3.05) is 0 Å². The first-order valence-corrected chi connectivity index (χ1v) is 5.59. The fraction of sp³-hybridized carbons (Fsp3) is 0.0667. The van der Waals surface area contributed by atoms with Crippen LogP contribution in [0.15, 0.2) is 55.1 Å². The van der Waals surface area contributed by atoms with Crippen molar-refractivity contribution in [3.8, 4) is 11.1 Å². The maximum absolute atomic E-state index is 4.19. The van der Waals surface area contributed by atoms with Crippen LogP contribution in [-0.4, -0.2) is 9.97 Å². The summed E-state index contributed by atoms with van der Waals surface area (Å²) in [5.41, 5.74) is 3.61. The minimum absolute atomic E-state index is 1.16. The van der Waals surface area contributed by atoms with Crippen molar-refractivity contribution in [3.05, 3.63) is 60.7 Å². The molecule has 3 aromatic rings. The van der Waals surface area contributed by atoms with E-state index in [1.807, 2.05) is 36.9 Å². The second-order valence-electron chi connectivity index (χ2n) is 4.13. The van der Waals surface area contributed by atoms with Gasteiger partial charge in [0.25, 0.3) is 0 Å². The van der Waals surface area contributed by atoms with Crippen LogP contribution in [0.4, 0.5) is 0 Å². The lowest BCUT2D eigenvalue weighted by atomic mass is 10.0. The van der Waals surface area contributed by atoms with Gasteiger partial charge in [0, 0.05) is 35.7 Å². The summed E-state index contributed by atoms with van der Waals surface area (Å²) in [5, 5.41) is 2.37. The highest BCUT2D eigenvalue weighted by Crippen LogP contribution is 2.25. The van der Waals surface area contributed by atoms with Crippen molar-refractivity contribution in [3.63, 3.8) is 0 Å². The van der Waals surface area contributed by atoms with E-state index < -0.39 is 0 Å². The van der Waals surface area contributed by atoms with Gasteiger partial charge in [0.15, 0.2) is 0 Å². The summed E-state index contributed by atoms with van der Waals surface area (Å²) in [7, 11) is 0. The molecule has 0 fully saturated rings. The molecule has 2 heterocycles. The van der Waals surface area contributed by atoms with Gasteiger partial charge >= 0.3 is 0 Å². The van der Waals surface area contributed by atoms with Crippen molar-refractivity contribution in [2.45, 2.75) is 6.92 Å². The molecule has 0 bridgehead atoms. The first kappa shape index (κ1) is 9.97. The Morgan fingerprint density at radius 1 is 0.824 bits per heavy atom. The molecule has 0 aliphatic rings. The zero-order valence-electron chi connectivity index (χ0n) is 9.59. The third-order valence-electron chi connectivity index (χ3n) is 2.99. The van der Waals surface area contributed by atoms with Crippen molar-refractivity contribution in [1.29, 1.82) is 0 Å². The monoisotopic (exact) mass is 220 g/mol. The average molecular weight is 220 g/mol. The smallest absolute Gasteiger partial charge is 0.0349 e. The van der Waals surface area contributed by atoms with Crippen LogP contribution < -0.4 is 0 Å². The molecule has 0 aliphatic heterocycles. The average Bonchev–Trinajstić information content (AvgIpc) is 2.39. The first-order valence-electron chi connectivity index (χ1n) is 5.59. The molecule has 3 rings (SSSR count). The maximum atomic E-state index is 4.19. The maximum Gasteiger partial charge on any atom is 0.0349 e. The highest BCUT2D eigenvalue weighted by Gasteiger charge is 2.02. The number of aryl methyl sites for hydroxylation is 1. The van der Waals surface area contributed by atoms with Crippen LogP contribution >= 0.6 is 0 Å². The number of hydrogen-bond donors (Lipinski definition) is 0. The summed E-state index contributed by atoms with van der Waals surface area (Å²) in [4.78, 5) is 8.34. The van der Waals surface area contributed by atoms with Gasteiger partial charge in [-0.05, 0) is 41.6 Å². The fourth-order valence-corrected chi connectivity index (χ4v) is 2.02. The van der Waals surface area contributed by atoms with Gasteiger partial charge in [-0.15, -0.1) is 0 Å². The predicted octanol–water partition coefficient (Wildman–Crippen LogP) is 3.61. The molecule has 0 N–H and O–H groups in total. The van der Waals surface area contributed by atoms with Crippen LogP contribution in [0.25, 0.3) is 21.9 Å². The number of fused-ring (bicyclic) bond motifs is 1. The van der Waals surface area contributed by atoms with Crippen LogP contribution in [0.2, 0.25) is 0 Å². The van der Waals surface area contributed by atoms with Gasteiger partial charge in [-0.2, -0.15) is 0 Å². The lowest BCUT2D eigenvalue weighted by Crippen LogP contribution is -1.85. The van der Waals surface area contributed by atoms with Crippen LogP contribution in [0.5, 0.6) is 0 Å². The predicted molar refractivity (Wildman–Crippen MR) is 69.7 cm³/mol. The van der Waals surface area contributed by atoms with E-state index in [1.54, 1.807) is 0 Å². The summed E-state index contributed by atoms with van der Waals surface area (Å²) in [6.07, 6.45) is 7.44. The molecule has 0 saturated carbocycles. The summed E-state index contributed by atoms with van der Waals surface area (Å²) in [6.45, 7) is 2.10. The summed E-state index contributed by atoms with van der Waals surface area (Å²) in [5.74, 6) is 0. The number of aromatic nitrogens is 2. The molecule has 0 saturated heterocycles. The molecular weight excluding hydrogens is 208 g/mol. The molecule has 2 heteroatoms. The van der Waals surface area contributed by atoms with Crippen molar-refractivity contribution in [2.24, 2.45) is 0 Å². The Balaban J connectivity index is 2.22. The Morgan fingerprint density at radius 2 is 1.65 bits per heavy atom. The zero-order valence-corrected chi connectivity index (χ0v) is 9.59. The summed E-state index contributed by atoms with van der Waals surface area (Å²) >= 11 is 0. The SMILES string of the molecule is Cc1ccncc1-c1ccc2ccncc2c1. The van der Waals surface area contributed by atoms with Gasteiger partial charge in [0.1, 0.15) is 0 Å². The Hall–Kier alpha value is -2.22. The molecular formula is C15H12N2. The standard InChI is InChI=1S/C15H12N2/c1-11-4-6-17-10-15(11)13-3-2-12-5-7-16-9-14(12)8-13/h2-10H,1H3. The zero-order chi connectivity index (χ0) is 11.7. The second-order valence-corrected chi connectivity index (χ2v) is 4.13. The summed E-state index contributed by atoms with van der Waals surface area (Å²) < 4.78 is 0. The molecule has 0 radical (unpaired) electrons. The molecule has 1 aromatic carbocycles. The molecule has 2 aromatic heterocycles. The minimum Gasteiger partial charge on any atom is -0.264 e. The molecule has 0 unspecified atom stereocenters. The van der Waals surface area contributed by atoms with E-state index in [1.165, 1.54) is 22.1 Å². The van der Waals surface area contributed by atoms with Crippen LogP contribution in [0, 0.1) is 6.92 Å². The number of hydrogen-bond acceptors (Lipinski definition) is 2. The normalized spacial score (nSPS) is 10.6. The van der Waals surface area contributed by atoms with Gasteiger partial charge in [0.2, 0.25) is 0 Å². The minimum atomic E-state index is 1.16. The third kappa shape index (κ3) is 1.78. The molecule has 17 heavy (non-hydrogen) atoms. The number of nitrogens with zero attached hydrogens (tertiary/aromatic N) is 2. The van der Waals surface area contributed by atoms with Crippen LogP contribution in [-0.2, 0) is 0 Å². The van der Waals surface area contributed by atoms with E-state index in [0.29, 0.717) is 0 Å². The Morgan fingerprint density at radius 3 is 2.53 bits per heavy atom. The Kier molecular flexibility index (Phi) is 2.33. The fourth-order valence-electron chi connectivity index (χ4n) is 2.02. The largest absolute Gasteiger partial charge is 0.264 e. The number of pyridine rings is 2. The number of benzene rings is 1. The van der Waals surface area contributed by atoms with E-state index in [-0.39, 0.29) is 0 Å². The third-order valence-corrected chi connectivity index (χ3v) is 2.99. The lowest BCUT2D eigenvalue weighted by Gasteiger charge is -2.06. The van der Waals surface area contributed by atoms with E-state index in [0.717, 1.165) is 5.39 Å². The molecule has 82 valence electrons. The highest BCUT2D eigenvalue weighted by atomic mass is 14.6.